The molecule has 0 saturated carbocycles. The van der Waals surface area contributed by atoms with Crippen molar-refractivity contribution < 1.29 is 10.2 Å². The molecule has 0 saturated heterocycles. The Hall–Kier alpha value is -1.92. The van der Waals surface area contributed by atoms with Crippen molar-refractivity contribution in [3.63, 3.8) is 0 Å². The van der Waals surface area contributed by atoms with Crippen LogP contribution in [0.4, 0.5) is 5.82 Å². The summed E-state index contributed by atoms with van der Waals surface area (Å²) in [7, 11) is 0. The molecule has 18 heavy (non-hydrogen) atoms. The minimum Gasteiger partial charge on any atom is -0.388 e. The summed E-state index contributed by atoms with van der Waals surface area (Å²) in [6.07, 6.45) is 4.94. The highest BCUT2D eigenvalue weighted by molar-refractivity contribution is 5.87. The third kappa shape index (κ3) is 1.43. The third-order valence-electron chi connectivity index (χ3n) is 3.33. The van der Waals surface area contributed by atoms with Gasteiger partial charge in [-0.15, -0.1) is 0 Å². The number of aryl methyl sites for hydroxylation is 1. The lowest BCUT2D eigenvalue weighted by atomic mass is 10.1. The molecule has 1 aliphatic carbocycles. The molecule has 1 aliphatic rings. The van der Waals surface area contributed by atoms with Crippen LogP contribution in [-0.4, -0.2) is 37.0 Å². The predicted octanol–water partition coefficient (Wildman–Crippen LogP) is 0.155. The van der Waals surface area contributed by atoms with E-state index in [2.05, 4.69) is 9.97 Å². The van der Waals surface area contributed by atoms with E-state index in [1.807, 2.05) is 11.5 Å². The Balaban J connectivity index is 2.19. The number of hydrogen-bond donors (Lipinski definition) is 3. The average molecular weight is 246 g/mol. The van der Waals surface area contributed by atoms with Crippen molar-refractivity contribution in [2.24, 2.45) is 0 Å². The average Bonchev–Trinajstić information content (AvgIpc) is 2.91. The van der Waals surface area contributed by atoms with E-state index < -0.39 is 12.2 Å². The van der Waals surface area contributed by atoms with Crippen LogP contribution in [0.3, 0.4) is 0 Å². The lowest BCUT2D eigenvalue weighted by Gasteiger charge is -2.19. The second-order valence-corrected chi connectivity index (χ2v) is 4.53. The molecule has 6 nitrogen and oxygen atoms in total. The Bertz CT molecular complexity index is 634. The van der Waals surface area contributed by atoms with Crippen LogP contribution in [0.5, 0.6) is 0 Å². The molecule has 0 aromatic carbocycles. The summed E-state index contributed by atoms with van der Waals surface area (Å²) in [5.74, 6) is 0.367. The molecule has 0 unspecified atom stereocenters. The fourth-order valence-electron chi connectivity index (χ4n) is 2.37. The van der Waals surface area contributed by atoms with Crippen molar-refractivity contribution >= 4 is 16.9 Å². The fourth-order valence-corrected chi connectivity index (χ4v) is 2.37. The maximum absolute atomic E-state index is 9.94. The van der Waals surface area contributed by atoms with E-state index >= 15 is 0 Å². The van der Waals surface area contributed by atoms with Crippen LogP contribution < -0.4 is 5.73 Å². The summed E-state index contributed by atoms with van der Waals surface area (Å²) in [4.78, 5) is 8.28. The number of aliphatic hydroxyl groups excluding tert-OH is 2. The number of anilines is 1. The van der Waals surface area contributed by atoms with Crippen molar-refractivity contribution in [1.29, 1.82) is 0 Å². The molecule has 2 aromatic heterocycles. The quantitative estimate of drug-likeness (QED) is 0.622. The van der Waals surface area contributed by atoms with E-state index in [1.165, 1.54) is 0 Å². The predicted molar refractivity (Wildman–Crippen MR) is 66.9 cm³/mol. The molecular weight excluding hydrogens is 232 g/mol. The lowest BCUT2D eigenvalue weighted by molar-refractivity contribution is 0.0376. The van der Waals surface area contributed by atoms with E-state index in [4.69, 9.17) is 5.73 Å². The number of fused-ring (bicyclic) bond motifs is 1. The number of hydrogen-bond acceptors (Lipinski definition) is 5. The fraction of sp³-hybridized carbons (Fsp3) is 0.333. The molecule has 4 N–H and O–H groups in total. The van der Waals surface area contributed by atoms with Gasteiger partial charge in [-0.05, 0) is 12.5 Å². The van der Waals surface area contributed by atoms with Gasteiger partial charge in [0.15, 0.2) is 5.82 Å². The van der Waals surface area contributed by atoms with Gasteiger partial charge in [0, 0.05) is 6.20 Å². The number of nitrogens with two attached hydrogens (primary N) is 1. The number of imidazole rings is 1. The molecule has 0 bridgehead atoms. The number of nitrogen functional groups attached to an aromatic ring is 1. The molecule has 0 fully saturated rings. The van der Waals surface area contributed by atoms with Crippen LogP contribution in [-0.2, 0) is 0 Å². The second-order valence-electron chi connectivity index (χ2n) is 4.53. The van der Waals surface area contributed by atoms with E-state index in [0.29, 0.717) is 11.3 Å². The van der Waals surface area contributed by atoms with Gasteiger partial charge in [0.1, 0.15) is 17.7 Å². The van der Waals surface area contributed by atoms with Crippen LogP contribution in [0.15, 0.2) is 24.7 Å². The summed E-state index contributed by atoms with van der Waals surface area (Å²) < 4.78 is 1.82. The molecular formula is C12H14N4O2. The first-order chi connectivity index (χ1) is 8.59. The Morgan fingerprint density at radius 2 is 2.06 bits per heavy atom. The SMILES string of the molecule is Cc1cnc(N)c2ncn([C@@H]3C=C[C@@H](O)[C@@H]3O)c12. The van der Waals surface area contributed by atoms with Gasteiger partial charge in [-0.25, -0.2) is 9.97 Å². The summed E-state index contributed by atoms with van der Waals surface area (Å²) in [5.41, 5.74) is 8.17. The number of aliphatic hydroxyl groups is 2. The van der Waals surface area contributed by atoms with Crippen LogP contribution in [0.25, 0.3) is 11.0 Å². The van der Waals surface area contributed by atoms with Gasteiger partial charge in [0.05, 0.1) is 17.9 Å². The maximum atomic E-state index is 9.94. The molecule has 94 valence electrons. The number of pyridine rings is 1. The Labute approximate surface area is 103 Å². The maximum Gasteiger partial charge on any atom is 0.151 e. The van der Waals surface area contributed by atoms with Crippen molar-refractivity contribution in [3.8, 4) is 0 Å². The Morgan fingerprint density at radius 3 is 2.72 bits per heavy atom. The van der Waals surface area contributed by atoms with E-state index in [9.17, 15) is 10.2 Å². The smallest absolute Gasteiger partial charge is 0.151 e. The molecule has 0 radical (unpaired) electrons. The topological polar surface area (TPSA) is 97.2 Å². The van der Waals surface area contributed by atoms with E-state index in [0.717, 1.165) is 11.1 Å². The van der Waals surface area contributed by atoms with E-state index in [-0.39, 0.29) is 6.04 Å². The first-order valence-electron chi connectivity index (χ1n) is 5.71. The molecule has 3 rings (SSSR count). The van der Waals surface area contributed by atoms with E-state index in [1.54, 1.807) is 24.7 Å². The molecule has 3 atom stereocenters. The van der Waals surface area contributed by atoms with Gasteiger partial charge in [-0.3, -0.25) is 0 Å². The van der Waals surface area contributed by atoms with Gasteiger partial charge >= 0.3 is 0 Å². The molecule has 0 amide bonds. The highest BCUT2D eigenvalue weighted by Crippen LogP contribution is 2.30. The van der Waals surface area contributed by atoms with Crippen molar-refractivity contribution in [2.45, 2.75) is 25.2 Å². The molecule has 2 aromatic rings. The highest BCUT2D eigenvalue weighted by atomic mass is 16.3. The Morgan fingerprint density at radius 1 is 1.28 bits per heavy atom. The van der Waals surface area contributed by atoms with Gasteiger partial charge < -0.3 is 20.5 Å². The van der Waals surface area contributed by atoms with Crippen molar-refractivity contribution in [1.82, 2.24) is 14.5 Å². The number of aromatic nitrogens is 3. The van der Waals surface area contributed by atoms with Crippen LogP contribution in [0.2, 0.25) is 0 Å². The van der Waals surface area contributed by atoms with Gasteiger partial charge in [0.25, 0.3) is 0 Å². The number of nitrogens with zero attached hydrogens (tertiary/aromatic N) is 3. The lowest BCUT2D eigenvalue weighted by Crippen LogP contribution is -2.27. The first-order valence-corrected chi connectivity index (χ1v) is 5.71. The Kier molecular flexibility index (Phi) is 2.36. The van der Waals surface area contributed by atoms with Gasteiger partial charge in [0.2, 0.25) is 0 Å². The van der Waals surface area contributed by atoms with Gasteiger partial charge in [-0.2, -0.15) is 0 Å². The summed E-state index contributed by atoms with van der Waals surface area (Å²) in [6.45, 7) is 1.91. The van der Waals surface area contributed by atoms with Crippen molar-refractivity contribution in [3.05, 3.63) is 30.2 Å². The molecule has 6 heteroatoms. The normalized spacial score (nSPS) is 27.2. The zero-order valence-electron chi connectivity index (χ0n) is 9.85. The second kappa shape index (κ2) is 3.79. The minimum atomic E-state index is -0.865. The van der Waals surface area contributed by atoms with Crippen LogP contribution in [0.1, 0.15) is 11.6 Å². The third-order valence-corrected chi connectivity index (χ3v) is 3.33. The zero-order valence-corrected chi connectivity index (χ0v) is 9.85. The number of rotatable bonds is 1. The summed E-state index contributed by atoms with van der Waals surface area (Å²) in [6, 6.07) is -0.328. The monoisotopic (exact) mass is 246 g/mol. The highest BCUT2D eigenvalue weighted by Gasteiger charge is 2.31. The van der Waals surface area contributed by atoms with Crippen LogP contribution in [0, 0.1) is 6.92 Å². The zero-order chi connectivity index (χ0) is 12.9. The summed E-state index contributed by atoms with van der Waals surface area (Å²) in [5, 5.41) is 19.5. The molecule has 0 spiro atoms. The summed E-state index contributed by atoms with van der Waals surface area (Å²) >= 11 is 0. The minimum absolute atomic E-state index is 0.328. The van der Waals surface area contributed by atoms with Crippen molar-refractivity contribution in [2.75, 3.05) is 5.73 Å². The first kappa shape index (κ1) is 11.2. The van der Waals surface area contributed by atoms with Crippen LogP contribution >= 0.6 is 0 Å². The largest absolute Gasteiger partial charge is 0.388 e. The van der Waals surface area contributed by atoms with Gasteiger partial charge in [-0.1, -0.05) is 12.2 Å². The standard InChI is InChI=1S/C12H14N4O2/c1-6-4-14-12(13)9-10(6)16(5-15-9)7-2-3-8(17)11(7)18/h2-5,7-8,11,17-18H,1H3,(H2,13,14)/t7-,8-,11-/m1/s1. The molecule has 0 aliphatic heterocycles. The molecule has 2 heterocycles.